The van der Waals surface area contributed by atoms with Crippen LogP contribution in [0.3, 0.4) is 0 Å². The molecular formula is C24H30N6O. The van der Waals surface area contributed by atoms with Gasteiger partial charge in [0.1, 0.15) is 5.82 Å². The number of rotatable bonds is 8. The lowest BCUT2D eigenvalue weighted by molar-refractivity contribution is 0.0378. The number of hydrogen-bond acceptors (Lipinski definition) is 7. The SMILES string of the molecule is Cc1cccc(Nc2nccc(-c3ccnc(NCCCN4CCOCC4)c3C)n2)c1. The van der Waals surface area contributed by atoms with E-state index >= 15 is 0 Å². The Hall–Kier alpha value is -3.03. The predicted molar refractivity (Wildman–Crippen MR) is 125 cm³/mol. The van der Waals surface area contributed by atoms with Gasteiger partial charge in [0.05, 0.1) is 18.9 Å². The Morgan fingerprint density at radius 3 is 2.71 bits per heavy atom. The lowest BCUT2D eigenvalue weighted by atomic mass is 10.1. The van der Waals surface area contributed by atoms with E-state index in [1.54, 1.807) is 6.20 Å². The van der Waals surface area contributed by atoms with Crippen molar-refractivity contribution in [1.29, 1.82) is 0 Å². The number of hydrogen-bond donors (Lipinski definition) is 2. The first-order valence-corrected chi connectivity index (χ1v) is 10.9. The molecule has 2 aromatic heterocycles. The Labute approximate surface area is 183 Å². The Morgan fingerprint density at radius 2 is 1.87 bits per heavy atom. The summed E-state index contributed by atoms with van der Waals surface area (Å²) in [6.45, 7) is 9.86. The van der Waals surface area contributed by atoms with E-state index < -0.39 is 0 Å². The smallest absolute Gasteiger partial charge is 0.227 e. The van der Waals surface area contributed by atoms with E-state index in [1.807, 2.05) is 30.5 Å². The maximum Gasteiger partial charge on any atom is 0.227 e. The molecule has 1 aromatic carbocycles. The zero-order valence-electron chi connectivity index (χ0n) is 18.3. The maximum absolute atomic E-state index is 5.41. The molecule has 1 aliphatic heterocycles. The lowest BCUT2D eigenvalue weighted by Crippen LogP contribution is -2.37. The van der Waals surface area contributed by atoms with Gasteiger partial charge in [-0.1, -0.05) is 12.1 Å². The first-order valence-electron chi connectivity index (χ1n) is 10.9. The summed E-state index contributed by atoms with van der Waals surface area (Å²) in [7, 11) is 0. The van der Waals surface area contributed by atoms with Gasteiger partial charge in [0, 0.05) is 48.8 Å². The van der Waals surface area contributed by atoms with E-state index in [4.69, 9.17) is 9.72 Å². The topological polar surface area (TPSA) is 75.2 Å². The highest BCUT2D eigenvalue weighted by molar-refractivity contribution is 5.69. The van der Waals surface area contributed by atoms with Gasteiger partial charge < -0.3 is 15.4 Å². The molecular weight excluding hydrogens is 388 g/mol. The second-order valence-corrected chi connectivity index (χ2v) is 7.83. The number of anilines is 3. The molecule has 0 unspecified atom stereocenters. The van der Waals surface area contributed by atoms with E-state index in [0.29, 0.717) is 5.95 Å². The van der Waals surface area contributed by atoms with Crippen LogP contribution in [0.15, 0.2) is 48.8 Å². The van der Waals surface area contributed by atoms with Gasteiger partial charge in [0.15, 0.2) is 0 Å². The van der Waals surface area contributed by atoms with Gasteiger partial charge in [-0.25, -0.2) is 15.0 Å². The molecule has 1 fully saturated rings. The first kappa shape index (κ1) is 21.2. The summed E-state index contributed by atoms with van der Waals surface area (Å²) in [5, 5.41) is 6.79. The molecule has 162 valence electrons. The molecule has 0 radical (unpaired) electrons. The van der Waals surface area contributed by atoms with Crippen LogP contribution in [0.2, 0.25) is 0 Å². The minimum atomic E-state index is 0.583. The summed E-state index contributed by atoms with van der Waals surface area (Å²) < 4.78 is 5.41. The Balaban J connectivity index is 1.41. The number of morpholine rings is 1. The van der Waals surface area contributed by atoms with Crippen LogP contribution >= 0.6 is 0 Å². The fraction of sp³-hybridized carbons (Fsp3) is 0.375. The Morgan fingerprint density at radius 1 is 1.03 bits per heavy atom. The Kier molecular flexibility index (Phi) is 7.07. The molecule has 0 aliphatic carbocycles. The fourth-order valence-corrected chi connectivity index (χ4v) is 3.75. The van der Waals surface area contributed by atoms with Gasteiger partial charge in [0.25, 0.3) is 0 Å². The predicted octanol–water partition coefficient (Wildman–Crippen LogP) is 4.03. The molecule has 1 saturated heterocycles. The van der Waals surface area contributed by atoms with Crippen molar-refractivity contribution in [3.8, 4) is 11.3 Å². The van der Waals surface area contributed by atoms with Crippen LogP contribution < -0.4 is 10.6 Å². The molecule has 4 rings (SSSR count). The third-order valence-corrected chi connectivity index (χ3v) is 5.46. The molecule has 7 heteroatoms. The van der Waals surface area contributed by atoms with Crippen molar-refractivity contribution in [3.63, 3.8) is 0 Å². The van der Waals surface area contributed by atoms with Crippen LogP contribution in [0.25, 0.3) is 11.3 Å². The summed E-state index contributed by atoms with van der Waals surface area (Å²) in [5.74, 6) is 1.49. The van der Waals surface area contributed by atoms with Crippen LogP contribution in [0.4, 0.5) is 17.5 Å². The second kappa shape index (κ2) is 10.3. The molecule has 1 aliphatic rings. The van der Waals surface area contributed by atoms with Crippen molar-refractivity contribution in [2.45, 2.75) is 20.3 Å². The third kappa shape index (κ3) is 5.77. The van der Waals surface area contributed by atoms with Crippen LogP contribution in [0.1, 0.15) is 17.5 Å². The number of ether oxygens (including phenoxy) is 1. The zero-order chi connectivity index (χ0) is 21.5. The van der Waals surface area contributed by atoms with E-state index in [1.165, 1.54) is 5.56 Å². The third-order valence-electron chi connectivity index (χ3n) is 5.46. The summed E-state index contributed by atoms with van der Waals surface area (Å²) in [5.41, 5.74) is 5.19. The highest BCUT2D eigenvalue weighted by atomic mass is 16.5. The van der Waals surface area contributed by atoms with Crippen LogP contribution in [0.5, 0.6) is 0 Å². The molecule has 0 spiro atoms. The molecule has 0 amide bonds. The Bertz CT molecular complexity index is 1000. The molecule has 2 N–H and O–H groups in total. The summed E-state index contributed by atoms with van der Waals surface area (Å²) in [4.78, 5) is 16.1. The monoisotopic (exact) mass is 418 g/mol. The van der Waals surface area contributed by atoms with E-state index in [-0.39, 0.29) is 0 Å². The average molecular weight is 419 g/mol. The lowest BCUT2D eigenvalue weighted by Gasteiger charge is -2.26. The van der Waals surface area contributed by atoms with Crippen LogP contribution in [-0.2, 0) is 4.74 Å². The van der Waals surface area contributed by atoms with E-state index in [0.717, 1.165) is 74.1 Å². The molecule has 31 heavy (non-hydrogen) atoms. The minimum Gasteiger partial charge on any atom is -0.379 e. The summed E-state index contributed by atoms with van der Waals surface area (Å²) in [6.07, 6.45) is 4.70. The van der Waals surface area contributed by atoms with Crippen molar-refractivity contribution in [2.75, 3.05) is 50.0 Å². The molecule has 0 saturated carbocycles. The normalized spacial score (nSPS) is 14.4. The van der Waals surface area contributed by atoms with Crippen molar-refractivity contribution >= 4 is 17.5 Å². The van der Waals surface area contributed by atoms with Crippen LogP contribution in [0, 0.1) is 13.8 Å². The van der Waals surface area contributed by atoms with Crippen molar-refractivity contribution in [2.24, 2.45) is 0 Å². The molecule has 7 nitrogen and oxygen atoms in total. The molecule has 3 heterocycles. The number of aryl methyl sites for hydroxylation is 1. The largest absolute Gasteiger partial charge is 0.379 e. The van der Waals surface area contributed by atoms with Crippen molar-refractivity contribution in [1.82, 2.24) is 19.9 Å². The number of nitrogens with one attached hydrogen (secondary N) is 2. The van der Waals surface area contributed by atoms with E-state index in [2.05, 4.69) is 51.5 Å². The molecule has 0 bridgehead atoms. The van der Waals surface area contributed by atoms with Crippen LogP contribution in [-0.4, -0.2) is 59.2 Å². The van der Waals surface area contributed by atoms with Gasteiger partial charge in [-0.3, -0.25) is 4.90 Å². The van der Waals surface area contributed by atoms with Crippen molar-refractivity contribution in [3.05, 3.63) is 59.9 Å². The number of pyridine rings is 1. The number of benzene rings is 1. The molecule has 0 atom stereocenters. The van der Waals surface area contributed by atoms with Crippen molar-refractivity contribution < 1.29 is 4.74 Å². The van der Waals surface area contributed by atoms with Gasteiger partial charge in [0.2, 0.25) is 5.95 Å². The van der Waals surface area contributed by atoms with Gasteiger partial charge >= 0.3 is 0 Å². The summed E-state index contributed by atoms with van der Waals surface area (Å²) >= 11 is 0. The van der Waals surface area contributed by atoms with E-state index in [9.17, 15) is 0 Å². The quantitative estimate of drug-likeness (QED) is 0.535. The average Bonchev–Trinajstić information content (AvgIpc) is 2.79. The zero-order valence-corrected chi connectivity index (χ0v) is 18.3. The highest BCUT2D eigenvalue weighted by Gasteiger charge is 2.11. The van der Waals surface area contributed by atoms with Gasteiger partial charge in [-0.05, 0) is 56.6 Å². The minimum absolute atomic E-state index is 0.583. The number of aromatic nitrogens is 3. The first-order chi connectivity index (χ1) is 15.2. The second-order valence-electron chi connectivity index (χ2n) is 7.83. The van der Waals surface area contributed by atoms with Gasteiger partial charge in [-0.2, -0.15) is 0 Å². The van der Waals surface area contributed by atoms with Gasteiger partial charge in [-0.15, -0.1) is 0 Å². The highest BCUT2D eigenvalue weighted by Crippen LogP contribution is 2.26. The molecule has 3 aromatic rings. The maximum atomic E-state index is 5.41. The standard InChI is InChI=1S/C24H30N6O/c1-18-5-3-6-20(17-18)28-24-27-11-8-22(29-24)21-7-10-26-23(19(21)2)25-9-4-12-30-13-15-31-16-14-30/h3,5-8,10-11,17H,4,9,12-16H2,1-2H3,(H,25,26)(H,27,28,29). The number of nitrogens with zero attached hydrogens (tertiary/aromatic N) is 4. The fourth-order valence-electron chi connectivity index (χ4n) is 3.75. The summed E-state index contributed by atoms with van der Waals surface area (Å²) in [6, 6.07) is 12.1.